The molecule has 1 aromatic carbocycles. The Balaban J connectivity index is 0.00000300. The van der Waals surface area contributed by atoms with Crippen molar-refractivity contribution in [3.8, 4) is 0 Å². The number of nitrogens with one attached hydrogen (secondary N) is 2. The summed E-state index contributed by atoms with van der Waals surface area (Å²) in [4.78, 5) is 7.23. The first-order valence-corrected chi connectivity index (χ1v) is 12.3. The maximum absolute atomic E-state index is 11.6. The van der Waals surface area contributed by atoms with Crippen molar-refractivity contribution in [3.63, 3.8) is 0 Å². The van der Waals surface area contributed by atoms with Gasteiger partial charge in [-0.25, -0.2) is 8.42 Å². The number of aliphatic imine (C=N–C) groups is 1. The van der Waals surface area contributed by atoms with Gasteiger partial charge in [-0.15, -0.1) is 24.0 Å². The molecule has 2 N–H and O–H groups in total. The van der Waals surface area contributed by atoms with Gasteiger partial charge >= 0.3 is 0 Å². The first kappa shape index (κ1) is 24.4. The molecule has 2 fully saturated rings. The minimum absolute atomic E-state index is 0. The van der Waals surface area contributed by atoms with E-state index in [4.69, 9.17) is 0 Å². The Bertz CT molecular complexity index is 757. The van der Waals surface area contributed by atoms with Gasteiger partial charge in [0.15, 0.2) is 15.8 Å². The summed E-state index contributed by atoms with van der Waals surface area (Å²) in [6.45, 7) is 7.80. The van der Waals surface area contributed by atoms with Crippen LogP contribution in [0.25, 0.3) is 0 Å². The summed E-state index contributed by atoms with van der Waals surface area (Å²) in [5, 5.41) is 6.90. The highest BCUT2D eigenvalue weighted by molar-refractivity contribution is 14.0. The summed E-state index contributed by atoms with van der Waals surface area (Å²) in [5.41, 5.74) is 1.36. The Morgan fingerprint density at radius 3 is 2.62 bits per heavy atom. The maximum atomic E-state index is 11.6. The lowest BCUT2D eigenvalue weighted by Crippen LogP contribution is -2.51. The minimum Gasteiger partial charge on any atom is -0.357 e. The number of piperidine rings is 1. The minimum atomic E-state index is -2.84. The maximum Gasteiger partial charge on any atom is 0.191 e. The summed E-state index contributed by atoms with van der Waals surface area (Å²) >= 11 is 0. The molecule has 3 atom stereocenters. The van der Waals surface area contributed by atoms with Gasteiger partial charge in [0.2, 0.25) is 0 Å². The van der Waals surface area contributed by atoms with Crippen LogP contribution in [0.4, 0.5) is 0 Å². The van der Waals surface area contributed by atoms with E-state index in [1.54, 1.807) is 0 Å². The Morgan fingerprint density at radius 1 is 1.24 bits per heavy atom. The molecule has 0 amide bonds. The van der Waals surface area contributed by atoms with Gasteiger partial charge in [0.05, 0.1) is 11.5 Å². The third kappa shape index (κ3) is 7.71. The lowest BCUT2D eigenvalue weighted by atomic mass is 9.97. The van der Waals surface area contributed by atoms with E-state index in [0.29, 0.717) is 24.4 Å². The van der Waals surface area contributed by atoms with Crippen molar-refractivity contribution in [3.05, 3.63) is 35.9 Å². The largest absolute Gasteiger partial charge is 0.357 e. The highest BCUT2D eigenvalue weighted by Gasteiger charge is 2.28. The average Bonchev–Trinajstić information content (AvgIpc) is 3.02. The molecule has 8 heteroatoms. The Hall–Kier alpha value is -0.870. The van der Waals surface area contributed by atoms with Crippen molar-refractivity contribution >= 4 is 39.8 Å². The molecule has 0 aliphatic carbocycles. The van der Waals surface area contributed by atoms with Crippen molar-refractivity contribution in [1.82, 2.24) is 15.5 Å². The molecule has 164 valence electrons. The van der Waals surface area contributed by atoms with E-state index in [9.17, 15) is 8.42 Å². The van der Waals surface area contributed by atoms with Crippen LogP contribution in [0, 0.1) is 5.92 Å². The fourth-order valence-corrected chi connectivity index (χ4v) is 6.00. The van der Waals surface area contributed by atoms with Crippen LogP contribution >= 0.6 is 24.0 Å². The van der Waals surface area contributed by atoms with E-state index in [-0.39, 0.29) is 35.6 Å². The van der Waals surface area contributed by atoms with Crippen LogP contribution in [0.3, 0.4) is 0 Å². The predicted octanol–water partition coefficient (Wildman–Crippen LogP) is 2.65. The van der Waals surface area contributed by atoms with Crippen LogP contribution in [0.15, 0.2) is 35.3 Å². The number of nitrogens with zero attached hydrogens (tertiary/aromatic N) is 2. The SMILES string of the molecule is CCNC(=NCC1CCS(=O)(=O)C1)NC1CCN(Cc2ccccc2)C(C)C1.I. The zero-order valence-corrected chi connectivity index (χ0v) is 20.7. The van der Waals surface area contributed by atoms with Crippen molar-refractivity contribution in [2.75, 3.05) is 31.1 Å². The molecule has 2 saturated heterocycles. The third-order valence-corrected chi connectivity index (χ3v) is 7.60. The molecule has 0 spiro atoms. The number of hydrogen-bond donors (Lipinski definition) is 2. The summed E-state index contributed by atoms with van der Waals surface area (Å²) in [6.07, 6.45) is 2.90. The molecule has 3 rings (SSSR count). The zero-order valence-electron chi connectivity index (χ0n) is 17.5. The van der Waals surface area contributed by atoms with Crippen LogP contribution < -0.4 is 10.6 Å². The van der Waals surface area contributed by atoms with Crippen molar-refractivity contribution in [2.24, 2.45) is 10.9 Å². The van der Waals surface area contributed by atoms with Gasteiger partial charge in [-0.2, -0.15) is 0 Å². The second-order valence-electron chi connectivity index (χ2n) is 8.16. The smallest absolute Gasteiger partial charge is 0.191 e. The topological polar surface area (TPSA) is 73.8 Å². The van der Waals surface area contributed by atoms with Crippen LogP contribution in [0.5, 0.6) is 0 Å². The first-order chi connectivity index (χ1) is 13.4. The number of hydrogen-bond acceptors (Lipinski definition) is 4. The molecule has 0 saturated carbocycles. The Labute approximate surface area is 192 Å². The number of likely N-dealkylation sites (tertiary alicyclic amines) is 1. The normalized spacial score (nSPS) is 27.2. The van der Waals surface area contributed by atoms with Gasteiger partial charge in [-0.05, 0) is 44.6 Å². The highest BCUT2D eigenvalue weighted by Crippen LogP contribution is 2.21. The molecule has 2 aliphatic heterocycles. The van der Waals surface area contributed by atoms with E-state index in [1.807, 2.05) is 0 Å². The molecule has 2 aliphatic rings. The Morgan fingerprint density at radius 2 is 2.00 bits per heavy atom. The van der Waals surface area contributed by atoms with Gasteiger partial charge < -0.3 is 10.6 Å². The molecule has 6 nitrogen and oxygen atoms in total. The van der Waals surface area contributed by atoms with Crippen molar-refractivity contribution < 1.29 is 8.42 Å². The van der Waals surface area contributed by atoms with Crippen LogP contribution in [0.2, 0.25) is 0 Å². The van der Waals surface area contributed by atoms with Gasteiger partial charge in [-0.3, -0.25) is 9.89 Å². The van der Waals surface area contributed by atoms with Crippen LogP contribution in [-0.2, 0) is 16.4 Å². The van der Waals surface area contributed by atoms with Gasteiger partial charge in [0.1, 0.15) is 0 Å². The summed E-state index contributed by atoms with van der Waals surface area (Å²) < 4.78 is 23.3. The number of sulfone groups is 1. The van der Waals surface area contributed by atoms with Gasteiger partial charge in [0, 0.05) is 38.3 Å². The van der Waals surface area contributed by atoms with E-state index >= 15 is 0 Å². The van der Waals surface area contributed by atoms with Crippen LogP contribution in [0.1, 0.15) is 38.7 Å². The second kappa shape index (κ2) is 11.5. The summed E-state index contributed by atoms with van der Waals surface area (Å²) in [5.74, 6) is 1.58. The Kier molecular flexibility index (Phi) is 9.68. The summed E-state index contributed by atoms with van der Waals surface area (Å²) in [7, 11) is -2.84. The number of benzene rings is 1. The fourth-order valence-electron chi connectivity index (χ4n) is 4.15. The highest BCUT2D eigenvalue weighted by atomic mass is 127. The number of rotatable bonds is 6. The lowest BCUT2D eigenvalue weighted by Gasteiger charge is -2.38. The predicted molar refractivity (Wildman–Crippen MR) is 131 cm³/mol. The van der Waals surface area contributed by atoms with Crippen molar-refractivity contribution in [1.29, 1.82) is 0 Å². The average molecular weight is 535 g/mol. The monoisotopic (exact) mass is 534 g/mol. The first-order valence-electron chi connectivity index (χ1n) is 10.5. The standard InChI is InChI=1S/C21H34N4O2S.HI/c1-3-22-21(23-14-19-10-12-28(26,27)16-19)24-20-9-11-25(17(2)13-20)15-18-7-5-4-6-8-18;/h4-8,17,19-20H,3,9-16H2,1-2H3,(H2,22,23,24);1H. The molecule has 29 heavy (non-hydrogen) atoms. The number of halogens is 1. The second-order valence-corrected chi connectivity index (χ2v) is 10.4. The molecular formula is C21H35IN4O2S. The molecule has 0 aromatic heterocycles. The van der Waals surface area contributed by atoms with Gasteiger partial charge in [0.25, 0.3) is 0 Å². The lowest BCUT2D eigenvalue weighted by molar-refractivity contribution is 0.134. The third-order valence-electron chi connectivity index (χ3n) is 5.76. The summed E-state index contributed by atoms with van der Waals surface area (Å²) in [6, 6.07) is 11.5. The zero-order chi connectivity index (χ0) is 20.0. The van der Waals surface area contributed by atoms with E-state index in [2.05, 4.69) is 64.7 Å². The van der Waals surface area contributed by atoms with E-state index < -0.39 is 9.84 Å². The molecule has 3 unspecified atom stereocenters. The van der Waals surface area contributed by atoms with E-state index in [0.717, 1.165) is 44.9 Å². The number of guanidine groups is 1. The molecule has 2 heterocycles. The molecule has 0 radical (unpaired) electrons. The molecule has 1 aromatic rings. The van der Waals surface area contributed by atoms with Crippen molar-refractivity contribution in [2.45, 2.75) is 51.7 Å². The van der Waals surface area contributed by atoms with Crippen LogP contribution in [-0.4, -0.2) is 62.5 Å². The molecule has 0 bridgehead atoms. The quantitative estimate of drug-likeness (QED) is 0.334. The van der Waals surface area contributed by atoms with Gasteiger partial charge in [-0.1, -0.05) is 30.3 Å². The fraction of sp³-hybridized carbons (Fsp3) is 0.667. The molecular weight excluding hydrogens is 499 g/mol. The van der Waals surface area contributed by atoms with E-state index in [1.165, 1.54) is 5.56 Å².